The van der Waals surface area contributed by atoms with Crippen molar-refractivity contribution in [3.63, 3.8) is 0 Å². The van der Waals surface area contributed by atoms with Gasteiger partial charge < -0.3 is 15.5 Å². The first-order valence-corrected chi connectivity index (χ1v) is 6.23. The first kappa shape index (κ1) is 14.6. The molecule has 3 N–H and O–H groups in total. The van der Waals surface area contributed by atoms with Crippen molar-refractivity contribution in [1.82, 2.24) is 10.2 Å². The van der Waals surface area contributed by atoms with Gasteiger partial charge in [0.05, 0.1) is 0 Å². The number of hydrogen-bond acceptors (Lipinski definition) is 4. The molecule has 0 aromatic heterocycles. The van der Waals surface area contributed by atoms with Crippen LogP contribution in [0.15, 0.2) is 24.3 Å². The highest BCUT2D eigenvalue weighted by Gasteiger charge is 2.36. The van der Waals surface area contributed by atoms with Gasteiger partial charge in [-0.1, -0.05) is 0 Å². The summed E-state index contributed by atoms with van der Waals surface area (Å²) in [5, 5.41) is 20.8. The molecule has 0 spiro atoms. The van der Waals surface area contributed by atoms with Crippen LogP contribution in [0.1, 0.15) is 0 Å². The van der Waals surface area contributed by atoms with Crippen molar-refractivity contribution in [3.05, 3.63) is 24.3 Å². The van der Waals surface area contributed by atoms with E-state index in [0.717, 1.165) is 4.90 Å². The summed E-state index contributed by atoms with van der Waals surface area (Å²) in [6.45, 7) is -0.429. The molecule has 8 heteroatoms. The van der Waals surface area contributed by atoms with Crippen LogP contribution in [0.25, 0.3) is 0 Å². The number of benzene rings is 1. The lowest BCUT2D eigenvalue weighted by Crippen LogP contribution is -2.61. The number of carboxylic acids is 1. The van der Waals surface area contributed by atoms with Gasteiger partial charge in [-0.15, -0.1) is 0 Å². The molecular weight excluding hydrogens is 278 g/mol. The number of anilines is 1. The fourth-order valence-electron chi connectivity index (χ4n) is 2.04. The fraction of sp³-hybridized carbons (Fsp3) is 0.308. The zero-order valence-electron chi connectivity index (χ0n) is 11.3. The zero-order chi connectivity index (χ0) is 15.6. The van der Waals surface area contributed by atoms with Gasteiger partial charge in [0, 0.05) is 19.3 Å². The Kier molecular flexibility index (Phi) is 3.97. The molecule has 1 unspecified atom stereocenters. The summed E-state index contributed by atoms with van der Waals surface area (Å²) in [4.78, 5) is 37.2. The van der Waals surface area contributed by atoms with Crippen molar-refractivity contribution in [1.29, 1.82) is 0 Å². The maximum Gasteiger partial charge on any atom is 0.328 e. The van der Waals surface area contributed by atoms with E-state index in [1.807, 2.05) is 0 Å². The first-order valence-electron chi connectivity index (χ1n) is 6.23. The highest BCUT2D eigenvalue weighted by molar-refractivity contribution is 5.97. The van der Waals surface area contributed by atoms with Crippen LogP contribution in [0.5, 0.6) is 5.75 Å². The summed E-state index contributed by atoms with van der Waals surface area (Å²) in [6.07, 6.45) is 0. The largest absolute Gasteiger partial charge is 0.508 e. The summed E-state index contributed by atoms with van der Waals surface area (Å²) >= 11 is 0. The van der Waals surface area contributed by atoms with E-state index in [2.05, 4.69) is 5.32 Å². The van der Waals surface area contributed by atoms with E-state index in [0.29, 0.717) is 5.69 Å². The molecule has 21 heavy (non-hydrogen) atoms. The third-order valence-electron chi connectivity index (χ3n) is 3.24. The molecule has 8 nitrogen and oxygen atoms in total. The Balaban J connectivity index is 2.21. The van der Waals surface area contributed by atoms with Crippen LogP contribution >= 0.6 is 0 Å². The SMILES string of the molecule is CN(C(=O)N1CC(=O)NCC1C(=O)O)c1ccc(O)cc1. The lowest BCUT2D eigenvalue weighted by atomic mass is 10.2. The van der Waals surface area contributed by atoms with Crippen LogP contribution in [-0.2, 0) is 9.59 Å². The summed E-state index contributed by atoms with van der Waals surface area (Å²) in [5.41, 5.74) is 0.480. The number of aromatic hydroxyl groups is 1. The minimum absolute atomic E-state index is 0.0559. The lowest BCUT2D eigenvalue weighted by Gasteiger charge is -2.35. The number of phenolic OH excluding ortho intramolecular Hbond substituents is 1. The van der Waals surface area contributed by atoms with Crippen molar-refractivity contribution in [2.45, 2.75) is 6.04 Å². The van der Waals surface area contributed by atoms with Crippen LogP contribution in [0, 0.1) is 0 Å². The minimum Gasteiger partial charge on any atom is -0.508 e. The van der Waals surface area contributed by atoms with Crippen LogP contribution < -0.4 is 10.2 Å². The van der Waals surface area contributed by atoms with E-state index in [1.165, 1.54) is 36.2 Å². The van der Waals surface area contributed by atoms with Gasteiger partial charge in [0.15, 0.2) is 0 Å². The maximum atomic E-state index is 12.4. The molecule has 1 atom stereocenters. The number of nitrogens with zero attached hydrogens (tertiary/aromatic N) is 2. The second-order valence-electron chi connectivity index (χ2n) is 4.64. The average Bonchev–Trinajstić information content (AvgIpc) is 2.46. The smallest absolute Gasteiger partial charge is 0.328 e. The Morgan fingerprint density at radius 3 is 2.52 bits per heavy atom. The monoisotopic (exact) mass is 293 g/mol. The van der Waals surface area contributed by atoms with E-state index in [4.69, 9.17) is 5.11 Å². The number of carbonyl (C=O) groups excluding carboxylic acids is 2. The normalized spacial score (nSPS) is 18.0. The molecule has 1 saturated heterocycles. The van der Waals surface area contributed by atoms with Crippen molar-refractivity contribution in [2.75, 3.05) is 25.0 Å². The average molecular weight is 293 g/mol. The number of carbonyl (C=O) groups is 3. The Morgan fingerprint density at radius 2 is 1.95 bits per heavy atom. The standard InChI is InChI=1S/C13H15N3O5/c1-15(8-2-4-9(17)5-3-8)13(21)16-7-11(18)14-6-10(16)12(19)20/h2-5,10,17H,6-7H2,1H3,(H,14,18)(H,19,20). The van der Waals surface area contributed by atoms with Crippen molar-refractivity contribution < 1.29 is 24.6 Å². The molecule has 112 valence electrons. The van der Waals surface area contributed by atoms with E-state index in [9.17, 15) is 19.5 Å². The van der Waals surface area contributed by atoms with Gasteiger partial charge >= 0.3 is 12.0 Å². The van der Waals surface area contributed by atoms with E-state index >= 15 is 0 Å². The topological polar surface area (TPSA) is 110 Å². The number of phenols is 1. The zero-order valence-corrected chi connectivity index (χ0v) is 11.3. The molecule has 3 amide bonds. The molecule has 1 fully saturated rings. The molecule has 0 saturated carbocycles. The third-order valence-corrected chi connectivity index (χ3v) is 3.24. The number of nitrogens with one attached hydrogen (secondary N) is 1. The van der Waals surface area contributed by atoms with E-state index in [1.54, 1.807) is 0 Å². The van der Waals surface area contributed by atoms with Crippen molar-refractivity contribution >= 4 is 23.6 Å². The summed E-state index contributed by atoms with van der Waals surface area (Å²) in [7, 11) is 1.47. The number of piperazine rings is 1. The lowest BCUT2D eigenvalue weighted by molar-refractivity contribution is -0.144. The van der Waals surface area contributed by atoms with Crippen LogP contribution in [-0.4, -0.2) is 59.2 Å². The molecule has 0 bridgehead atoms. The molecule has 1 heterocycles. The highest BCUT2D eigenvalue weighted by atomic mass is 16.4. The Hall–Kier alpha value is -2.77. The predicted octanol–water partition coefficient (Wildman–Crippen LogP) is -0.167. The Morgan fingerprint density at radius 1 is 1.33 bits per heavy atom. The second-order valence-corrected chi connectivity index (χ2v) is 4.64. The van der Waals surface area contributed by atoms with Gasteiger partial charge in [-0.3, -0.25) is 14.6 Å². The van der Waals surface area contributed by atoms with Gasteiger partial charge in [-0.2, -0.15) is 0 Å². The van der Waals surface area contributed by atoms with Gasteiger partial charge in [0.2, 0.25) is 5.91 Å². The Labute approximate surface area is 120 Å². The highest BCUT2D eigenvalue weighted by Crippen LogP contribution is 2.19. The number of aliphatic carboxylic acids is 1. The van der Waals surface area contributed by atoms with Gasteiger partial charge in [0.25, 0.3) is 0 Å². The summed E-state index contributed by atoms with van der Waals surface area (Å²) < 4.78 is 0. The number of urea groups is 1. The number of hydrogen-bond donors (Lipinski definition) is 3. The predicted molar refractivity (Wildman–Crippen MR) is 73.0 cm³/mol. The van der Waals surface area contributed by atoms with Gasteiger partial charge in [0.1, 0.15) is 18.3 Å². The van der Waals surface area contributed by atoms with Crippen molar-refractivity contribution in [2.24, 2.45) is 0 Å². The molecule has 0 aliphatic carbocycles. The van der Waals surface area contributed by atoms with Crippen LogP contribution in [0.2, 0.25) is 0 Å². The second kappa shape index (κ2) is 5.70. The maximum absolute atomic E-state index is 12.4. The third kappa shape index (κ3) is 3.04. The van der Waals surface area contributed by atoms with Gasteiger partial charge in [-0.05, 0) is 24.3 Å². The molecule has 2 rings (SSSR count). The molecule has 1 aromatic rings. The summed E-state index contributed by atoms with van der Waals surface area (Å²) in [6, 6.07) is 4.17. The number of amides is 3. The molecule has 1 aliphatic rings. The summed E-state index contributed by atoms with van der Waals surface area (Å²) in [5.74, 6) is -1.53. The molecule has 1 aromatic carbocycles. The molecule has 0 radical (unpaired) electrons. The molecule has 1 aliphatic heterocycles. The minimum atomic E-state index is -1.18. The van der Waals surface area contributed by atoms with Gasteiger partial charge in [-0.25, -0.2) is 9.59 Å². The Bertz CT molecular complexity index is 572. The van der Waals surface area contributed by atoms with Crippen LogP contribution in [0.3, 0.4) is 0 Å². The number of carboxylic acid groups (broad SMARTS) is 1. The van der Waals surface area contributed by atoms with Crippen LogP contribution in [0.4, 0.5) is 10.5 Å². The number of rotatable bonds is 2. The molecular formula is C13H15N3O5. The fourth-order valence-corrected chi connectivity index (χ4v) is 2.04. The van der Waals surface area contributed by atoms with Crippen molar-refractivity contribution in [3.8, 4) is 5.75 Å². The quantitative estimate of drug-likeness (QED) is 0.701. The first-order chi connectivity index (χ1) is 9.90. The van der Waals surface area contributed by atoms with E-state index in [-0.39, 0.29) is 18.8 Å². The van der Waals surface area contributed by atoms with E-state index < -0.39 is 23.9 Å².